The third-order valence-corrected chi connectivity index (χ3v) is 2.38. The largest absolute Gasteiger partial charge is 0.542 e. The fourth-order valence-electron chi connectivity index (χ4n) is 0.803. The van der Waals surface area contributed by atoms with Gasteiger partial charge in [0.05, 0.1) is 0 Å². The first kappa shape index (κ1) is 15.8. The Hall–Kier alpha value is -1.17. The Morgan fingerprint density at radius 2 is 1.65 bits per heavy atom. The molecule has 0 heterocycles. The van der Waals surface area contributed by atoms with Gasteiger partial charge in [-0.15, -0.1) is 0 Å². The van der Waals surface area contributed by atoms with Gasteiger partial charge in [-0.25, -0.2) is 0 Å². The van der Waals surface area contributed by atoms with Crippen LogP contribution in [0.5, 0.6) is 0 Å². The van der Waals surface area contributed by atoms with Crippen molar-refractivity contribution in [1.29, 1.82) is 0 Å². The lowest BCUT2D eigenvalue weighted by molar-refractivity contribution is -0.124. The first-order valence-corrected chi connectivity index (χ1v) is 5.92. The van der Waals surface area contributed by atoms with Crippen molar-refractivity contribution in [3.63, 3.8) is 0 Å². The van der Waals surface area contributed by atoms with Gasteiger partial charge < -0.3 is 15.3 Å². The van der Waals surface area contributed by atoms with Gasteiger partial charge in [-0.05, 0) is 4.57 Å². The van der Waals surface area contributed by atoms with Crippen LogP contribution in [0.3, 0.4) is 0 Å². The Morgan fingerprint density at radius 1 is 1.18 bits per heavy atom. The Morgan fingerprint density at radius 3 is 1.94 bits per heavy atom. The molecule has 0 aliphatic carbocycles. The Kier molecular flexibility index (Phi) is 8.31. The highest BCUT2D eigenvalue weighted by Gasteiger charge is 2.27. The van der Waals surface area contributed by atoms with Crippen molar-refractivity contribution in [2.24, 2.45) is 0 Å². The molecule has 94 valence electrons. The van der Waals surface area contributed by atoms with Gasteiger partial charge in [-0.3, -0.25) is 4.79 Å². The van der Waals surface area contributed by atoms with E-state index < -0.39 is 32.9 Å². The summed E-state index contributed by atoms with van der Waals surface area (Å²) < 4.78 is 10.4. The molecule has 0 spiro atoms. The molecule has 0 saturated carbocycles. The van der Waals surface area contributed by atoms with Crippen LogP contribution >= 0.6 is 8.03 Å². The van der Waals surface area contributed by atoms with Crippen LogP contribution in [0.2, 0.25) is 0 Å². The van der Waals surface area contributed by atoms with Crippen molar-refractivity contribution in [1.82, 2.24) is 0 Å². The predicted molar refractivity (Wildman–Crippen MR) is 60.4 cm³/mol. The lowest BCUT2D eigenvalue weighted by atomic mass is 10.2. The highest BCUT2D eigenvalue weighted by Crippen LogP contribution is 2.34. The zero-order valence-electron chi connectivity index (χ0n) is 8.93. The summed E-state index contributed by atoms with van der Waals surface area (Å²) in [7, 11) is -2.53. The summed E-state index contributed by atoms with van der Waals surface area (Å²) in [5.74, 6) is -1.80. The first-order chi connectivity index (χ1) is 8.02. The maximum atomic E-state index is 10.4. The monoisotopic (exact) mass is 261 g/mol. The zero-order valence-corrected chi connectivity index (χ0v) is 9.83. The normalized spacial score (nSPS) is 12.1. The number of carbonyl (C=O) groups excluding carboxylic acids is 1. The van der Waals surface area contributed by atoms with Gasteiger partial charge in [-0.2, -0.15) is 4.89 Å². The second-order valence-corrected chi connectivity index (χ2v) is 4.04. The topological polar surface area (TPSA) is 115 Å². The second kappa shape index (κ2) is 8.92. The summed E-state index contributed by atoms with van der Waals surface area (Å²) >= 11 is 0. The number of aliphatic hydroxyl groups is 3. The van der Waals surface area contributed by atoms with E-state index in [0.29, 0.717) is 5.56 Å². The van der Waals surface area contributed by atoms with Crippen LogP contribution in [0, 0.1) is 0 Å². The van der Waals surface area contributed by atoms with E-state index in [4.69, 9.17) is 20.2 Å². The average Bonchev–Trinajstić information content (AvgIpc) is 2.38. The van der Waals surface area contributed by atoms with Crippen molar-refractivity contribution in [3.8, 4) is 0 Å². The lowest BCUT2D eigenvalue weighted by Crippen LogP contribution is -2.07. The van der Waals surface area contributed by atoms with E-state index >= 15 is 0 Å². The van der Waals surface area contributed by atoms with Crippen molar-refractivity contribution in [2.75, 3.05) is 13.2 Å². The maximum absolute atomic E-state index is 10.4. The number of hydrogen-bond donors (Lipinski definition) is 4. The summed E-state index contributed by atoms with van der Waals surface area (Å²) in [6.45, 7) is -1.12. The quantitative estimate of drug-likeness (QED) is 0.565. The maximum Gasteiger partial charge on any atom is 0.542 e. The molecular formula is C10H14O6P+. The van der Waals surface area contributed by atoms with Gasteiger partial charge in [0.1, 0.15) is 13.2 Å². The minimum absolute atomic E-state index is 0.469. The molecule has 0 bridgehead atoms. The van der Waals surface area contributed by atoms with E-state index in [1.165, 1.54) is 0 Å². The van der Waals surface area contributed by atoms with Gasteiger partial charge in [0, 0.05) is 5.56 Å². The van der Waals surface area contributed by atoms with Crippen LogP contribution in [0.1, 0.15) is 11.4 Å². The van der Waals surface area contributed by atoms with Crippen LogP contribution in [0.15, 0.2) is 30.3 Å². The molecule has 17 heavy (non-hydrogen) atoms. The van der Waals surface area contributed by atoms with Gasteiger partial charge in [0.15, 0.2) is 5.78 Å². The molecule has 2 atom stereocenters. The summed E-state index contributed by atoms with van der Waals surface area (Å²) in [5.41, 5.74) is 0.469. The number of aliphatic hydroxyl groups excluding tert-OH is 3. The van der Waals surface area contributed by atoms with Gasteiger partial charge in [0.2, 0.25) is 0 Å². The van der Waals surface area contributed by atoms with Crippen molar-refractivity contribution in [3.05, 3.63) is 35.9 Å². The molecule has 7 heteroatoms. The van der Waals surface area contributed by atoms with Crippen molar-refractivity contribution < 1.29 is 29.6 Å². The highest BCUT2D eigenvalue weighted by atomic mass is 31.1. The van der Waals surface area contributed by atoms with Crippen molar-refractivity contribution >= 4 is 13.8 Å². The average molecular weight is 261 g/mol. The molecule has 0 aliphatic rings. The van der Waals surface area contributed by atoms with Crippen molar-refractivity contribution in [2.45, 2.75) is 5.85 Å². The van der Waals surface area contributed by atoms with Gasteiger partial charge >= 0.3 is 13.9 Å². The molecule has 0 amide bonds. The van der Waals surface area contributed by atoms with E-state index in [-0.39, 0.29) is 0 Å². The third kappa shape index (κ3) is 6.88. The number of hydrogen-bond acceptors (Lipinski definition) is 5. The SMILES string of the molecule is O=C(CO)CO.O=[P+](O)C(O)c1ccccc1. The summed E-state index contributed by atoms with van der Waals surface area (Å²) in [6.07, 6.45) is 0. The fourth-order valence-corrected chi connectivity index (χ4v) is 1.23. The predicted octanol–water partition coefficient (Wildman–Crippen LogP) is -0.0477. The Bertz CT molecular complexity index is 347. The molecule has 1 aromatic rings. The minimum atomic E-state index is -2.53. The smallest absolute Gasteiger partial charge is 0.388 e. The zero-order chi connectivity index (χ0) is 13.3. The molecule has 0 aromatic heterocycles. The number of rotatable bonds is 4. The third-order valence-electron chi connectivity index (χ3n) is 1.66. The molecule has 4 N–H and O–H groups in total. The van der Waals surface area contributed by atoms with Crippen LogP contribution in [-0.4, -0.2) is 39.2 Å². The molecule has 1 aromatic carbocycles. The van der Waals surface area contributed by atoms with Gasteiger partial charge in [0.25, 0.3) is 0 Å². The number of ketones is 1. The van der Waals surface area contributed by atoms with E-state index in [1.54, 1.807) is 30.3 Å². The Balaban J connectivity index is 0.000000366. The fraction of sp³-hybridized carbons (Fsp3) is 0.300. The summed E-state index contributed by atoms with van der Waals surface area (Å²) in [4.78, 5) is 18.2. The van der Waals surface area contributed by atoms with E-state index in [0.717, 1.165) is 0 Å². The highest BCUT2D eigenvalue weighted by molar-refractivity contribution is 7.38. The summed E-state index contributed by atoms with van der Waals surface area (Å²) in [6, 6.07) is 8.40. The van der Waals surface area contributed by atoms with Crippen LogP contribution in [0.4, 0.5) is 0 Å². The van der Waals surface area contributed by atoms with E-state index in [9.17, 15) is 9.36 Å². The molecule has 1 rings (SSSR count). The lowest BCUT2D eigenvalue weighted by Gasteiger charge is -1.94. The molecule has 0 saturated heterocycles. The summed E-state index contributed by atoms with van der Waals surface area (Å²) in [5, 5.41) is 24.7. The van der Waals surface area contributed by atoms with Gasteiger partial charge in [-0.1, -0.05) is 30.3 Å². The second-order valence-electron chi connectivity index (χ2n) is 2.94. The van der Waals surface area contributed by atoms with Crippen LogP contribution in [-0.2, 0) is 9.36 Å². The molecule has 2 unspecified atom stereocenters. The molecular weight excluding hydrogens is 247 g/mol. The first-order valence-electron chi connectivity index (χ1n) is 4.64. The van der Waals surface area contributed by atoms with E-state index in [1.807, 2.05) is 0 Å². The molecule has 0 fully saturated rings. The van der Waals surface area contributed by atoms with Crippen LogP contribution < -0.4 is 0 Å². The molecule has 6 nitrogen and oxygen atoms in total. The molecule has 0 aliphatic heterocycles. The number of Topliss-reactive ketones (excluding diaryl/α,β-unsaturated/α-hetero) is 1. The number of benzene rings is 1. The minimum Gasteiger partial charge on any atom is -0.388 e. The Labute approximate surface area is 99.0 Å². The van der Waals surface area contributed by atoms with Crippen LogP contribution in [0.25, 0.3) is 0 Å². The molecule has 0 radical (unpaired) electrons. The van der Waals surface area contributed by atoms with E-state index in [2.05, 4.69) is 0 Å². The standard InChI is InChI=1S/C7H7O3P.C3H6O3/c8-7(11(9)10)6-4-2-1-3-5-6;4-1-3(6)2-5/h1-5,7-8H;4-5H,1-2H2/p+1. The number of carbonyl (C=O) groups is 1.